The van der Waals surface area contributed by atoms with Gasteiger partial charge in [0.1, 0.15) is 0 Å². The number of nitrogens with zero attached hydrogens (tertiary/aromatic N) is 1. The second-order valence-corrected chi connectivity index (χ2v) is 5.87. The molecule has 4 nitrogen and oxygen atoms in total. The van der Waals surface area contributed by atoms with Crippen LogP contribution in [0.5, 0.6) is 0 Å². The van der Waals surface area contributed by atoms with Crippen LogP contribution in [0.3, 0.4) is 0 Å². The van der Waals surface area contributed by atoms with E-state index in [0.717, 1.165) is 37.3 Å². The van der Waals surface area contributed by atoms with Gasteiger partial charge in [0.05, 0.1) is 11.4 Å². The number of nitrogens with two attached hydrogens (primary N) is 1. The van der Waals surface area contributed by atoms with Crippen LogP contribution in [0.2, 0.25) is 5.02 Å². The maximum absolute atomic E-state index is 12.3. The largest absolute Gasteiger partial charge is 0.397 e. The minimum atomic E-state index is 0.0542. The third-order valence-corrected chi connectivity index (χ3v) is 4.03. The number of hydrogen-bond donors (Lipinski definition) is 2. The van der Waals surface area contributed by atoms with E-state index in [-0.39, 0.29) is 5.91 Å². The van der Waals surface area contributed by atoms with Crippen molar-refractivity contribution >= 4 is 34.6 Å². The number of likely N-dealkylation sites (tertiary alicyclic amines) is 1. The molecule has 114 valence electrons. The number of benzene rings is 2. The Kier molecular flexibility index (Phi) is 4.20. The molecular weight excluding hydrogens is 298 g/mol. The van der Waals surface area contributed by atoms with Gasteiger partial charge in [0.2, 0.25) is 0 Å². The molecule has 0 spiro atoms. The zero-order chi connectivity index (χ0) is 15.5. The molecule has 0 aliphatic carbocycles. The van der Waals surface area contributed by atoms with Crippen LogP contribution in [0.15, 0.2) is 42.5 Å². The van der Waals surface area contributed by atoms with Crippen LogP contribution < -0.4 is 11.1 Å². The summed E-state index contributed by atoms with van der Waals surface area (Å²) in [6, 6.07) is 12.8. The van der Waals surface area contributed by atoms with Crippen molar-refractivity contribution in [3.8, 4) is 0 Å². The second-order valence-electron chi connectivity index (χ2n) is 5.44. The number of rotatable bonds is 3. The van der Waals surface area contributed by atoms with Crippen molar-refractivity contribution in [1.29, 1.82) is 0 Å². The van der Waals surface area contributed by atoms with Gasteiger partial charge >= 0.3 is 0 Å². The standard InChI is InChI=1S/C17H18ClN3O/c18-13-4-3-5-14(11-13)20-16-7-6-12(10-15(16)19)17(22)21-8-1-2-9-21/h3-7,10-11,20H,1-2,8-9,19H2. The molecular formula is C17H18ClN3O. The number of nitrogen functional groups attached to an aromatic ring is 1. The van der Waals surface area contributed by atoms with Gasteiger partial charge in [0, 0.05) is 29.4 Å². The van der Waals surface area contributed by atoms with E-state index in [9.17, 15) is 4.79 Å². The maximum Gasteiger partial charge on any atom is 0.253 e. The smallest absolute Gasteiger partial charge is 0.253 e. The lowest BCUT2D eigenvalue weighted by atomic mass is 10.1. The number of nitrogens with one attached hydrogen (secondary N) is 1. The minimum Gasteiger partial charge on any atom is -0.397 e. The predicted molar refractivity (Wildman–Crippen MR) is 90.7 cm³/mol. The quantitative estimate of drug-likeness (QED) is 0.844. The lowest BCUT2D eigenvalue weighted by Crippen LogP contribution is -2.27. The molecule has 5 heteroatoms. The Labute approximate surface area is 134 Å². The summed E-state index contributed by atoms with van der Waals surface area (Å²) in [5.74, 6) is 0.0542. The summed E-state index contributed by atoms with van der Waals surface area (Å²) >= 11 is 5.97. The average molecular weight is 316 g/mol. The lowest BCUT2D eigenvalue weighted by Gasteiger charge is -2.16. The Hall–Kier alpha value is -2.20. The molecule has 0 radical (unpaired) electrons. The summed E-state index contributed by atoms with van der Waals surface area (Å²) in [6.45, 7) is 1.67. The van der Waals surface area contributed by atoms with Gasteiger partial charge < -0.3 is 16.0 Å². The van der Waals surface area contributed by atoms with E-state index in [1.54, 1.807) is 6.07 Å². The van der Waals surface area contributed by atoms with Crippen LogP contribution >= 0.6 is 11.6 Å². The molecule has 2 aromatic carbocycles. The Morgan fingerprint density at radius 2 is 1.91 bits per heavy atom. The highest BCUT2D eigenvalue weighted by Crippen LogP contribution is 2.26. The van der Waals surface area contributed by atoms with Crippen LogP contribution in [-0.2, 0) is 0 Å². The zero-order valence-corrected chi connectivity index (χ0v) is 12.9. The molecule has 1 heterocycles. The summed E-state index contributed by atoms with van der Waals surface area (Å²) in [6.07, 6.45) is 2.16. The zero-order valence-electron chi connectivity index (χ0n) is 12.2. The van der Waals surface area contributed by atoms with E-state index in [4.69, 9.17) is 17.3 Å². The summed E-state index contributed by atoms with van der Waals surface area (Å²) in [4.78, 5) is 14.2. The topological polar surface area (TPSA) is 58.4 Å². The van der Waals surface area contributed by atoms with E-state index in [1.165, 1.54) is 0 Å². The first kappa shape index (κ1) is 14.7. The third-order valence-electron chi connectivity index (χ3n) is 3.80. The molecule has 22 heavy (non-hydrogen) atoms. The molecule has 1 aliphatic rings. The highest BCUT2D eigenvalue weighted by atomic mass is 35.5. The highest BCUT2D eigenvalue weighted by molar-refractivity contribution is 6.30. The van der Waals surface area contributed by atoms with Gasteiger partial charge in [-0.3, -0.25) is 4.79 Å². The number of carbonyl (C=O) groups is 1. The molecule has 0 bridgehead atoms. The molecule has 1 amide bonds. The van der Waals surface area contributed by atoms with E-state index < -0.39 is 0 Å². The van der Waals surface area contributed by atoms with E-state index in [2.05, 4.69) is 5.32 Å². The molecule has 1 fully saturated rings. The van der Waals surface area contributed by atoms with Crippen molar-refractivity contribution in [3.05, 3.63) is 53.1 Å². The molecule has 0 aromatic heterocycles. The Balaban J connectivity index is 1.78. The Morgan fingerprint density at radius 3 is 2.59 bits per heavy atom. The first-order valence-electron chi connectivity index (χ1n) is 7.35. The third kappa shape index (κ3) is 3.17. The molecule has 3 rings (SSSR count). The van der Waals surface area contributed by atoms with Crippen molar-refractivity contribution < 1.29 is 4.79 Å². The van der Waals surface area contributed by atoms with Gasteiger partial charge in [-0.05, 0) is 49.2 Å². The van der Waals surface area contributed by atoms with E-state index in [1.807, 2.05) is 41.3 Å². The van der Waals surface area contributed by atoms with Crippen LogP contribution in [-0.4, -0.2) is 23.9 Å². The monoisotopic (exact) mass is 315 g/mol. The van der Waals surface area contributed by atoms with Gasteiger partial charge in [-0.1, -0.05) is 17.7 Å². The summed E-state index contributed by atoms with van der Waals surface area (Å²) in [5.41, 5.74) is 8.88. The molecule has 0 unspecified atom stereocenters. The summed E-state index contributed by atoms with van der Waals surface area (Å²) in [7, 11) is 0. The van der Waals surface area contributed by atoms with Gasteiger partial charge in [-0.2, -0.15) is 0 Å². The van der Waals surface area contributed by atoms with E-state index in [0.29, 0.717) is 16.3 Å². The van der Waals surface area contributed by atoms with Crippen molar-refractivity contribution in [2.45, 2.75) is 12.8 Å². The SMILES string of the molecule is Nc1cc(C(=O)N2CCCC2)ccc1Nc1cccc(Cl)c1. The minimum absolute atomic E-state index is 0.0542. The van der Waals surface area contributed by atoms with Gasteiger partial charge in [0.15, 0.2) is 0 Å². The fourth-order valence-electron chi connectivity index (χ4n) is 2.63. The molecule has 2 aromatic rings. The second kappa shape index (κ2) is 6.28. The van der Waals surface area contributed by atoms with Crippen LogP contribution in [0.1, 0.15) is 23.2 Å². The van der Waals surface area contributed by atoms with Crippen molar-refractivity contribution in [2.75, 3.05) is 24.1 Å². The summed E-state index contributed by atoms with van der Waals surface area (Å²) in [5, 5.41) is 3.87. The molecule has 3 N–H and O–H groups in total. The fourth-order valence-corrected chi connectivity index (χ4v) is 2.82. The Bertz CT molecular complexity index is 696. The van der Waals surface area contributed by atoms with Crippen molar-refractivity contribution in [2.24, 2.45) is 0 Å². The number of carbonyl (C=O) groups excluding carboxylic acids is 1. The Morgan fingerprint density at radius 1 is 1.14 bits per heavy atom. The maximum atomic E-state index is 12.3. The normalized spacial score (nSPS) is 14.1. The fraction of sp³-hybridized carbons (Fsp3) is 0.235. The van der Waals surface area contributed by atoms with Gasteiger partial charge in [-0.25, -0.2) is 0 Å². The molecule has 0 atom stereocenters. The van der Waals surface area contributed by atoms with Crippen LogP contribution in [0.25, 0.3) is 0 Å². The van der Waals surface area contributed by atoms with Crippen molar-refractivity contribution in [3.63, 3.8) is 0 Å². The number of anilines is 3. The summed E-state index contributed by atoms with van der Waals surface area (Å²) < 4.78 is 0. The van der Waals surface area contributed by atoms with Gasteiger partial charge in [0.25, 0.3) is 5.91 Å². The van der Waals surface area contributed by atoms with Crippen molar-refractivity contribution in [1.82, 2.24) is 4.90 Å². The average Bonchev–Trinajstić information content (AvgIpc) is 3.03. The van der Waals surface area contributed by atoms with Crippen LogP contribution in [0, 0.1) is 0 Å². The first-order chi connectivity index (χ1) is 10.6. The first-order valence-corrected chi connectivity index (χ1v) is 7.73. The highest BCUT2D eigenvalue weighted by Gasteiger charge is 2.19. The molecule has 1 saturated heterocycles. The molecule has 0 saturated carbocycles. The molecule has 1 aliphatic heterocycles. The van der Waals surface area contributed by atoms with Crippen LogP contribution in [0.4, 0.5) is 17.1 Å². The number of hydrogen-bond acceptors (Lipinski definition) is 3. The van der Waals surface area contributed by atoms with E-state index >= 15 is 0 Å². The number of halogens is 1. The predicted octanol–water partition coefficient (Wildman–Crippen LogP) is 3.90. The lowest BCUT2D eigenvalue weighted by molar-refractivity contribution is 0.0793. The van der Waals surface area contributed by atoms with Gasteiger partial charge in [-0.15, -0.1) is 0 Å². The number of amides is 1.